The van der Waals surface area contributed by atoms with Crippen molar-refractivity contribution in [1.29, 1.82) is 0 Å². The molecule has 2 atom stereocenters. The van der Waals surface area contributed by atoms with Crippen molar-refractivity contribution < 1.29 is 9.90 Å². The van der Waals surface area contributed by atoms with Gasteiger partial charge in [0.2, 0.25) is 0 Å². The van der Waals surface area contributed by atoms with Crippen LogP contribution in [0.4, 0.5) is 0 Å². The first-order chi connectivity index (χ1) is 6.11. The Labute approximate surface area is 79.3 Å². The maximum Gasteiger partial charge on any atom is 0.304 e. The fourth-order valence-corrected chi connectivity index (χ4v) is 2.22. The third-order valence-corrected chi connectivity index (χ3v) is 3.23. The minimum atomic E-state index is -0.780. The summed E-state index contributed by atoms with van der Waals surface area (Å²) in [4.78, 5) is 10.4. The second kappa shape index (κ2) is 4.61. The van der Waals surface area contributed by atoms with Gasteiger partial charge < -0.3 is 10.8 Å². The largest absolute Gasteiger partial charge is 0.481 e. The van der Waals surface area contributed by atoms with E-state index in [-0.39, 0.29) is 12.5 Å². The molecule has 76 valence electrons. The first-order valence-electron chi connectivity index (χ1n) is 5.08. The highest BCUT2D eigenvalue weighted by Gasteiger charge is 2.26. The molecular formula is C10H19NO2. The van der Waals surface area contributed by atoms with Gasteiger partial charge in [0.15, 0.2) is 0 Å². The summed E-state index contributed by atoms with van der Waals surface area (Å²) in [5, 5.41) is 8.60. The Hall–Kier alpha value is -0.570. The van der Waals surface area contributed by atoms with Crippen molar-refractivity contribution in [3.63, 3.8) is 0 Å². The van der Waals surface area contributed by atoms with E-state index < -0.39 is 5.97 Å². The molecule has 3 N–H and O–H groups in total. The van der Waals surface area contributed by atoms with Crippen molar-refractivity contribution >= 4 is 5.97 Å². The predicted molar refractivity (Wildman–Crippen MR) is 51.4 cm³/mol. The number of carboxylic acid groups (broad SMARTS) is 1. The zero-order valence-corrected chi connectivity index (χ0v) is 8.20. The summed E-state index contributed by atoms with van der Waals surface area (Å²) in [6.07, 6.45) is 5.14. The molecule has 1 aliphatic carbocycles. The molecule has 0 aromatic carbocycles. The Balaban J connectivity index is 2.36. The fraction of sp³-hybridized carbons (Fsp3) is 0.900. The first kappa shape index (κ1) is 10.5. The molecule has 0 aliphatic heterocycles. The Bertz CT molecular complexity index is 176. The van der Waals surface area contributed by atoms with Crippen LogP contribution in [0.5, 0.6) is 0 Å². The molecule has 1 aliphatic rings. The van der Waals surface area contributed by atoms with Gasteiger partial charge in [-0.3, -0.25) is 4.79 Å². The molecule has 0 heterocycles. The second-order valence-electron chi connectivity index (χ2n) is 4.17. The van der Waals surface area contributed by atoms with Crippen molar-refractivity contribution in [3.05, 3.63) is 0 Å². The summed E-state index contributed by atoms with van der Waals surface area (Å²) in [6.45, 7) is 2.09. The van der Waals surface area contributed by atoms with Crippen LogP contribution in [0.15, 0.2) is 0 Å². The molecule has 0 saturated heterocycles. The van der Waals surface area contributed by atoms with Crippen LogP contribution in [-0.2, 0) is 4.79 Å². The van der Waals surface area contributed by atoms with Gasteiger partial charge in [-0.1, -0.05) is 32.6 Å². The lowest BCUT2D eigenvalue weighted by atomic mass is 9.85. The van der Waals surface area contributed by atoms with E-state index >= 15 is 0 Å². The molecule has 1 fully saturated rings. The van der Waals surface area contributed by atoms with Gasteiger partial charge in [-0.2, -0.15) is 0 Å². The number of hydrogen-bond acceptors (Lipinski definition) is 2. The number of carbonyl (C=O) groups is 1. The standard InChI is InChI=1S/C10H19NO2/c1-7(8-4-2-3-5-8)9(11)6-10(12)13/h7-9H,2-6,11H2,1H3,(H,12,13)/t7-,9+/m0/s1. The lowest BCUT2D eigenvalue weighted by Gasteiger charge is -2.24. The van der Waals surface area contributed by atoms with Crippen molar-refractivity contribution in [3.8, 4) is 0 Å². The Morgan fingerprint density at radius 3 is 2.54 bits per heavy atom. The van der Waals surface area contributed by atoms with E-state index in [0.717, 1.165) is 0 Å². The van der Waals surface area contributed by atoms with Gasteiger partial charge in [0.05, 0.1) is 6.42 Å². The minimum absolute atomic E-state index is 0.109. The molecule has 3 heteroatoms. The lowest BCUT2D eigenvalue weighted by Crippen LogP contribution is -2.34. The zero-order valence-electron chi connectivity index (χ0n) is 8.20. The molecule has 0 amide bonds. The third kappa shape index (κ3) is 2.99. The lowest BCUT2D eigenvalue weighted by molar-refractivity contribution is -0.137. The van der Waals surface area contributed by atoms with Crippen molar-refractivity contribution in [2.45, 2.75) is 45.1 Å². The van der Waals surface area contributed by atoms with E-state index in [2.05, 4.69) is 6.92 Å². The summed E-state index contributed by atoms with van der Waals surface area (Å²) in [5.74, 6) is 0.241. The van der Waals surface area contributed by atoms with Gasteiger partial charge in [0.1, 0.15) is 0 Å². The summed E-state index contributed by atoms with van der Waals surface area (Å²) in [6, 6.07) is -0.166. The van der Waals surface area contributed by atoms with Gasteiger partial charge in [-0.25, -0.2) is 0 Å². The smallest absolute Gasteiger partial charge is 0.304 e. The van der Waals surface area contributed by atoms with E-state index in [1.165, 1.54) is 25.7 Å². The summed E-state index contributed by atoms with van der Waals surface area (Å²) >= 11 is 0. The fourth-order valence-electron chi connectivity index (χ4n) is 2.22. The summed E-state index contributed by atoms with van der Waals surface area (Å²) in [5.41, 5.74) is 5.82. The van der Waals surface area contributed by atoms with Gasteiger partial charge in [0, 0.05) is 6.04 Å². The van der Waals surface area contributed by atoms with Gasteiger partial charge in [0.25, 0.3) is 0 Å². The van der Waals surface area contributed by atoms with E-state index in [4.69, 9.17) is 10.8 Å². The van der Waals surface area contributed by atoms with Crippen LogP contribution in [0.2, 0.25) is 0 Å². The van der Waals surface area contributed by atoms with E-state index in [9.17, 15) is 4.79 Å². The Kier molecular flexibility index (Phi) is 3.72. The van der Waals surface area contributed by atoms with Crippen LogP contribution in [0, 0.1) is 11.8 Å². The number of aliphatic carboxylic acids is 1. The van der Waals surface area contributed by atoms with Crippen LogP contribution in [-0.4, -0.2) is 17.1 Å². The molecule has 0 aromatic heterocycles. The number of nitrogens with two attached hydrogens (primary N) is 1. The molecule has 13 heavy (non-hydrogen) atoms. The average Bonchev–Trinajstić information content (AvgIpc) is 2.53. The quantitative estimate of drug-likeness (QED) is 0.699. The minimum Gasteiger partial charge on any atom is -0.481 e. The summed E-state index contributed by atoms with van der Waals surface area (Å²) in [7, 11) is 0. The maximum absolute atomic E-state index is 10.4. The molecule has 1 rings (SSSR count). The number of carboxylic acids is 1. The highest BCUT2D eigenvalue weighted by molar-refractivity contribution is 5.67. The van der Waals surface area contributed by atoms with Crippen molar-refractivity contribution in [1.82, 2.24) is 0 Å². The Morgan fingerprint density at radius 2 is 2.08 bits per heavy atom. The highest BCUT2D eigenvalue weighted by Crippen LogP contribution is 2.32. The molecule has 0 unspecified atom stereocenters. The number of hydrogen-bond donors (Lipinski definition) is 2. The summed E-state index contributed by atoms with van der Waals surface area (Å²) < 4.78 is 0. The highest BCUT2D eigenvalue weighted by atomic mass is 16.4. The van der Waals surface area contributed by atoms with Crippen LogP contribution in [0.25, 0.3) is 0 Å². The monoisotopic (exact) mass is 185 g/mol. The molecule has 1 saturated carbocycles. The average molecular weight is 185 g/mol. The molecular weight excluding hydrogens is 166 g/mol. The zero-order chi connectivity index (χ0) is 9.84. The molecule has 0 bridgehead atoms. The maximum atomic E-state index is 10.4. The van der Waals surface area contributed by atoms with Crippen LogP contribution < -0.4 is 5.73 Å². The first-order valence-corrected chi connectivity index (χ1v) is 5.08. The molecule has 0 aromatic rings. The van der Waals surface area contributed by atoms with Crippen molar-refractivity contribution in [2.24, 2.45) is 17.6 Å². The van der Waals surface area contributed by atoms with Crippen molar-refractivity contribution in [2.75, 3.05) is 0 Å². The van der Waals surface area contributed by atoms with E-state index in [0.29, 0.717) is 11.8 Å². The third-order valence-electron chi connectivity index (χ3n) is 3.23. The van der Waals surface area contributed by atoms with Gasteiger partial charge in [-0.05, 0) is 11.8 Å². The predicted octanol–water partition coefficient (Wildman–Crippen LogP) is 1.61. The number of rotatable bonds is 4. The normalized spacial score (nSPS) is 22.9. The van der Waals surface area contributed by atoms with Crippen LogP contribution >= 0.6 is 0 Å². The topological polar surface area (TPSA) is 63.3 Å². The molecule has 3 nitrogen and oxygen atoms in total. The van der Waals surface area contributed by atoms with E-state index in [1.54, 1.807) is 0 Å². The van der Waals surface area contributed by atoms with Gasteiger partial charge in [-0.15, -0.1) is 0 Å². The van der Waals surface area contributed by atoms with Gasteiger partial charge >= 0.3 is 5.97 Å². The Morgan fingerprint density at radius 1 is 1.54 bits per heavy atom. The van der Waals surface area contributed by atoms with Crippen LogP contribution in [0.1, 0.15) is 39.0 Å². The SMILES string of the molecule is C[C@@H](C1CCCC1)[C@H](N)CC(=O)O. The van der Waals surface area contributed by atoms with E-state index in [1.807, 2.05) is 0 Å². The van der Waals surface area contributed by atoms with Crippen LogP contribution in [0.3, 0.4) is 0 Å². The second-order valence-corrected chi connectivity index (χ2v) is 4.17. The molecule has 0 spiro atoms. The molecule has 0 radical (unpaired) electrons.